The van der Waals surface area contributed by atoms with Crippen molar-refractivity contribution in [3.05, 3.63) is 33.7 Å². The van der Waals surface area contributed by atoms with Crippen molar-refractivity contribution in [2.24, 2.45) is 0 Å². The third kappa shape index (κ3) is 1.78. The maximum absolute atomic E-state index is 12.2. The Balaban J connectivity index is 2.18. The topological polar surface area (TPSA) is 37.8 Å². The summed E-state index contributed by atoms with van der Waals surface area (Å²) in [5.41, 5.74) is 4.61. The molecule has 3 rings (SSSR count). The molecule has 1 aliphatic carbocycles. The molecule has 0 radical (unpaired) electrons. The highest BCUT2D eigenvalue weighted by molar-refractivity contribution is 5.77. The molecule has 2 aromatic rings. The molecule has 96 valence electrons. The average molecular weight is 244 g/mol. The zero-order chi connectivity index (χ0) is 12.7. The van der Waals surface area contributed by atoms with Gasteiger partial charge in [-0.2, -0.15) is 0 Å². The molecule has 0 spiro atoms. The molecule has 3 heteroatoms. The van der Waals surface area contributed by atoms with Crippen LogP contribution in [0.25, 0.3) is 11.0 Å². The van der Waals surface area contributed by atoms with Crippen LogP contribution in [0.5, 0.6) is 0 Å². The second kappa shape index (κ2) is 4.30. The Kier molecular flexibility index (Phi) is 2.77. The number of aromatic nitrogens is 2. The molecular weight excluding hydrogens is 224 g/mol. The molecule has 1 N–H and O–H groups in total. The van der Waals surface area contributed by atoms with E-state index in [0.717, 1.165) is 23.9 Å². The summed E-state index contributed by atoms with van der Waals surface area (Å²) in [6.07, 6.45) is 6.08. The lowest BCUT2D eigenvalue weighted by Crippen LogP contribution is -2.23. The molecule has 3 nitrogen and oxygen atoms in total. The van der Waals surface area contributed by atoms with Gasteiger partial charge < -0.3 is 4.98 Å². The highest BCUT2D eigenvalue weighted by Gasteiger charge is 2.19. The van der Waals surface area contributed by atoms with Crippen molar-refractivity contribution in [1.82, 2.24) is 9.55 Å². The number of aromatic amines is 1. The van der Waals surface area contributed by atoms with Gasteiger partial charge in [0.1, 0.15) is 0 Å². The molecule has 0 aliphatic heterocycles. The number of imidazole rings is 1. The lowest BCUT2D eigenvalue weighted by molar-refractivity contribution is 0.353. The maximum atomic E-state index is 12.2. The van der Waals surface area contributed by atoms with Gasteiger partial charge in [-0.3, -0.25) is 4.57 Å². The minimum Gasteiger partial charge on any atom is -0.306 e. The standard InChI is InChI=1S/C15H20N2O/c1-10-8-13-14(9-11(10)2)17(15(18)16-13)12-6-4-3-5-7-12/h8-9,12H,3-7H2,1-2H3,(H,16,18). The fourth-order valence-electron chi connectivity index (χ4n) is 3.09. The number of H-pyrrole nitrogens is 1. The van der Waals surface area contributed by atoms with E-state index in [0.29, 0.717) is 6.04 Å². The van der Waals surface area contributed by atoms with E-state index in [2.05, 4.69) is 31.0 Å². The number of hydrogen-bond donors (Lipinski definition) is 1. The molecule has 0 saturated heterocycles. The molecule has 1 aromatic carbocycles. The summed E-state index contributed by atoms with van der Waals surface area (Å²) in [7, 11) is 0. The first-order valence-electron chi connectivity index (χ1n) is 6.88. The van der Waals surface area contributed by atoms with Crippen molar-refractivity contribution in [2.75, 3.05) is 0 Å². The molecule has 18 heavy (non-hydrogen) atoms. The molecule has 0 bridgehead atoms. The van der Waals surface area contributed by atoms with Crippen molar-refractivity contribution in [3.63, 3.8) is 0 Å². The highest BCUT2D eigenvalue weighted by atomic mass is 16.1. The fourth-order valence-corrected chi connectivity index (χ4v) is 3.09. The van der Waals surface area contributed by atoms with E-state index in [1.807, 2.05) is 4.57 Å². The van der Waals surface area contributed by atoms with Crippen LogP contribution in [0.15, 0.2) is 16.9 Å². The van der Waals surface area contributed by atoms with Crippen molar-refractivity contribution in [3.8, 4) is 0 Å². The van der Waals surface area contributed by atoms with Crippen LogP contribution in [0, 0.1) is 13.8 Å². The first kappa shape index (κ1) is 11.6. The van der Waals surface area contributed by atoms with Crippen LogP contribution < -0.4 is 5.69 Å². The average Bonchev–Trinajstić information content (AvgIpc) is 2.66. The van der Waals surface area contributed by atoms with Crippen LogP contribution in [-0.2, 0) is 0 Å². The number of hydrogen-bond acceptors (Lipinski definition) is 1. The van der Waals surface area contributed by atoms with Gasteiger partial charge in [-0.1, -0.05) is 19.3 Å². The SMILES string of the molecule is Cc1cc2[nH]c(=O)n(C3CCCCC3)c2cc1C. The molecule has 0 amide bonds. The van der Waals surface area contributed by atoms with E-state index in [1.165, 1.54) is 30.4 Å². The van der Waals surface area contributed by atoms with Gasteiger partial charge in [0.25, 0.3) is 0 Å². The van der Waals surface area contributed by atoms with Crippen molar-refractivity contribution < 1.29 is 0 Å². The van der Waals surface area contributed by atoms with E-state index in [1.54, 1.807) is 0 Å². The van der Waals surface area contributed by atoms with Gasteiger partial charge in [0.05, 0.1) is 11.0 Å². The first-order chi connectivity index (χ1) is 8.66. The van der Waals surface area contributed by atoms with E-state index < -0.39 is 0 Å². The van der Waals surface area contributed by atoms with E-state index in [9.17, 15) is 4.79 Å². The number of nitrogens with zero attached hydrogens (tertiary/aromatic N) is 1. The van der Waals surface area contributed by atoms with Gasteiger partial charge in [-0.25, -0.2) is 4.79 Å². The Morgan fingerprint density at radius 2 is 1.78 bits per heavy atom. The van der Waals surface area contributed by atoms with Crippen molar-refractivity contribution in [2.45, 2.75) is 52.0 Å². The molecular formula is C15H20N2O. The second-order valence-corrected chi connectivity index (χ2v) is 5.55. The van der Waals surface area contributed by atoms with Crippen LogP contribution in [0.2, 0.25) is 0 Å². The van der Waals surface area contributed by atoms with E-state index in [4.69, 9.17) is 0 Å². The third-order valence-electron chi connectivity index (χ3n) is 4.27. The largest absolute Gasteiger partial charge is 0.326 e. The predicted molar refractivity (Wildman–Crippen MR) is 74.2 cm³/mol. The predicted octanol–water partition coefficient (Wildman–Crippen LogP) is 3.45. The summed E-state index contributed by atoms with van der Waals surface area (Å²) in [6.45, 7) is 4.20. The molecule has 0 atom stereocenters. The van der Waals surface area contributed by atoms with Crippen LogP contribution in [0.3, 0.4) is 0 Å². The number of aryl methyl sites for hydroxylation is 2. The summed E-state index contributed by atoms with van der Waals surface area (Å²) in [4.78, 5) is 15.2. The Morgan fingerprint density at radius 3 is 2.50 bits per heavy atom. The summed E-state index contributed by atoms with van der Waals surface area (Å²) >= 11 is 0. The summed E-state index contributed by atoms with van der Waals surface area (Å²) < 4.78 is 1.99. The minimum atomic E-state index is 0.0573. The molecule has 0 unspecified atom stereocenters. The van der Waals surface area contributed by atoms with Gasteiger partial charge in [-0.15, -0.1) is 0 Å². The summed E-state index contributed by atoms with van der Waals surface area (Å²) in [5, 5.41) is 0. The molecule has 1 heterocycles. The zero-order valence-corrected chi connectivity index (χ0v) is 11.1. The fraction of sp³-hybridized carbons (Fsp3) is 0.533. The van der Waals surface area contributed by atoms with Gasteiger partial charge in [0, 0.05) is 6.04 Å². The summed E-state index contributed by atoms with van der Waals surface area (Å²) in [6, 6.07) is 4.63. The normalized spacial score (nSPS) is 17.4. The van der Waals surface area contributed by atoms with Gasteiger partial charge in [0.15, 0.2) is 0 Å². The maximum Gasteiger partial charge on any atom is 0.326 e. The van der Waals surface area contributed by atoms with Crippen molar-refractivity contribution >= 4 is 11.0 Å². The summed E-state index contributed by atoms with van der Waals surface area (Å²) in [5.74, 6) is 0. The molecule has 1 aromatic heterocycles. The molecule has 1 saturated carbocycles. The second-order valence-electron chi connectivity index (χ2n) is 5.55. The lowest BCUT2D eigenvalue weighted by Gasteiger charge is -2.23. The number of fused-ring (bicyclic) bond motifs is 1. The Bertz CT molecular complexity index is 630. The highest BCUT2D eigenvalue weighted by Crippen LogP contribution is 2.30. The number of nitrogens with one attached hydrogen (secondary N) is 1. The Labute approximate surface area is 107 Å². The van der Waals surface area contributed by atoms with E-state index in [-0.39, 0.29) is 5.69 Å². The Hall–Kier alpha value is -1.51. The number of benzene rings is 1. The quantitative estimate of drug-likeness (QED) is 0.819. The van der Waals surface area contributed by atoms with Crippen LogP contribution in [-0.4, -0.2) is 9.55 Å². The van der Waals surface area contributed by atoms with Crippen LogP contribution in [0.1, 0.15) is 49.3 Å². The smallest absolute Gasteiger partial charge is 0.306 e. The molecule has 1 aliphatic rings. The third-order valence-corrected chi connectivity index (χ3v) is 4.27. The Morgan fingerprint density at radius 1 is 1.11 bits per heavy atom. The first-order valence-corrected chi connectivity index (χ1v) is 6.88. The zero-order valence-electron chi connectivity index (χ0n) is 11.1. The number of rotatable bonds is 1. The van der Waals surface area contributed by atoms with Gasteiger partial charge in [0.2, 0.25) is 0 Å². The van der Waals surface area contributed by atoms with E-state index >= 15 is 0 Å². The lowest BCUT2D eigenvalue weighted by atomic mass is 9.95. The van der Waals surface area contributed by atoms with Crippen LogP contribution in [0.4, 0.5) is 0 Å². The van der Waals surface area contributed by atoms with Gasteiger partial charge in [-0.05, 0) is 49.9 Å². The minimum absolute atomic E-state index is 0.0573. The van der Waals surface area contributed by atoms with Gasteiger partial charge >= 0.3 is 5.69 Å². The molecule has 1 fully saturated rings. The van der Waals surface area contributed by atoms with Crippen molar-refractivity contribution in [1.29, 1.82) is 0 Å². The monoisotopic (exact) mass is 244 g/mol. The van der Waals surface area contributed by atoms with Crippen LogP contribution >= 0.6 is 0 Å².